The van der Waals surface area contributed by atoms with Crippen LogP contribution in [0.5, 0.6) is 0 Å². The van der Waals surface area contributed by atoms with Crippen molar-refractivity contribution in [1.29, 1.82) is 0 Å². The van der Waals surface area contributed by atoms with Crippen molar-refractivity contribution in [2.75, 3.05) is 24.5 Å². The van der Waals surface area contributed by atoms with Gasteiger partial charge >= 0.3 is 6.09 Å². The Bertz CT molecular complexity index is 646. The second-order valence-corrected chi connectivity index (χ2v) is 8.52. The minimum atomic E-state index is -0.268. The van der Waals surface area contributed by atoms with Crippen molar-refractivity contribution in [2.24, 2.45) is 0 Å². The van der Waals surface area contributed by atoms with E-state index in [0.717, 1.165) is 63.1 Å². The molecule has 26 heavy (non-hydrogen) atoms. The van der Waals surface area contributed by atoms with Gasteiger partial charge in [-0.1, -0.05) is 12.5 Å². The molecule has 3 aliphatic rings. The highest BCUT2D eigenvalue weighted by molar-refractivity contribution is 5.89. The molecule has 0 atom stereocenters. The summed E-state index contributed by atoms with van der Waals surface area (Å²) in [5, 5.41) is 0. The highest BCUT2D eigenvalue weighted by Gasteiger charge is 2.46. The van der Waals surface area contributed by atoms with E-state index in [0.29, 0.717) is 18.5 Å². The molecule has 2 saturated heterocycles. The summed E-state index contributed by atoms with van der Waals surface area (Å²) in [5.41, 5.74) is 0.860. The molecule has 2 aliphatic heterocycles. The molecule has 1 saturated carbocycles. The molecule has 4 rings (SSSR count). The maximum atomic E-state index is 12.5. The number of piperidine rings is 1. The van der Waals surface area contributed by atoms with Crippen molar-refractivity contribution in [3.8, 4) is 0 Å². The van der Waals surface area contributed by atoms with Crippen LogP contribution >= 0.6 is 0 Å². The number of carbonyl (C=O) groups is 1. The Morgan fingerprint density at radius 1 is 1.15 bits per heavy atom. The first-order chi connectivity index (χ1) is 12.6. The summed E-state index contributed by atoms with van der Waals surface area (Å²) in [5.74, 6) is 1.26. The van der Waals surface area contributed by atoms with Crippen LogP contribution in [0.25, 0.3) is 0 Å². The Morgan fingerprint density at radius 2 is 1.88 bits per heavy atom. The Balaban J connectivity index is 1.47. The van der Waals surface area contributed by atoms with E-state index in [1.165, 1.54) is 6.42 Å². The number of hydrogen-bond acceptors (Lipinski definition) is 4. The van der Waals surface area contributed by atoms with E-state index in [4.69, 9.17) is 9.72 Å². The zero-order valence-corrected chi connectivity index (χ0v) is 16.1. The lowest BCUT2D eigenvalue weighted by atomic mass is 9.85. The molecule has 1 aromatic heterocycles. The van der Waals surface area contributed by atoms with Crippen LogP contribution in [0.3, 0.4) is 0 Å². The summed E-state index contributed by atoms with van der Waals surface area (Å²) in [6.45, 7) is 7.44. The molecule has 1 aliphatic carbocycles. The van der Waals surface area contributed by atoms with Crippen LogP contribution in [-0.2, 0) is 4.74 Å². The van der Waals surface area contributed by atoms with E-state index in [1.807, 2.05) is 12.1 Å². The van der Waals surface area contributed by atoms with Crippen molar-refractivity contribution in [3.63, 3.8) is 0 Å². The standard InChI is InChI=1S/C21H31N3O2/c1-16(2)23-13-9-17(10-14-23)18-7-6-8-19(22-18)24-15-21(26-20(24)25)11-4-3-5-12-21/h6-8,16-17H,3-5,9-15H2,1-2H3. The lowest BCUT2D eigenvalue weighted by molar-refractivity contribution is 0.0260. The fourth-order valence-electron chi connectivity index (χ4n) is 4.79. The molecule has 0 radical (unpaired) electrons. The van der Waals surface area contributed by atoms with Crippen molar-refractivity contribution in [2.45, 2.75) is 76.4 Å². The van der Waals surface area contributed by atoms with Gasteiger partial charge in [0.15, 0.2) is 0 Å². The molecule has 3 fully saturated rings. The maximum absolute atomic E-state index is 12.5. The van der Waals surface area contributed by atoms with Crippen LogP contribution in [0.15, 0.2) is 18.2 Å². The van der Waals surface area contributed by atoms with Crippen LogP contribution in [0.2, 0.25) is 0 Å². The second-order valence-electron chi connectivity index (χ2n) is 8.52. The van der Waals surface area contributed by atoms with E-state index in [-0.39, 0.29) is 11.7 Å². The maximum Gasteiger partial charge on any atom is 0.416 e. The van der Waals surface area contributed by atoms with Crippen LogP contribution < -0.4 is 4.90 Å². The molecular weight excluding hydrogens is 326 g/mol. The van der Waals surface area contributed by atoms with Gasteiger partial charge < -0.3 is 9.64 Å². The molecule has 5 nitrogen and oxygen atoms in total. The first kappa shape index (κ1) is 17.8. The molecule has 0 bridgehead atoms. The average Bonchev–Trinajstić information content (AvgIpc) is 2.98. The average molecular weight is 357 g/mol. The number of anilines is 1. The summed E-state index contributed by atoms with van der Waals surface area (Å²) in [6, 6.07) is 6.74. The molecule has 0 N–H and O–H groups in total. The highest BCUT2D eigenvalue weighted by Crippen LogP contribution is 2.38. The number of rotatable bonds is 3. The van der Waals surface area contributed by atoms with Gasteiger partial charge in [-0.05, 0) is 77.6 Å². The second kappa shape index (κ2) is 7.18. The predicted octanol–water partition coefficient (Wildman–Crippen LogP) is 4.33. The minimum Gasteiger partial charge on any atom is -0.441 e. The Hall–Kier alpha value is -1.62. The molecule has 1 amide bonds. The van der Waals surface area contributed by atoms with Gasteiger partial charge in [0.2, 0.25) is 0 Å². The van der Waals surface area contributed by atoms with Gasteiger partial charge in [-0.25, -0.2) is 9.78 Å². The van der Waals surface area contributed by atoms with E-state index in [2.05, 4.69) is 24.8 Å². The van der Waals surface area contributed by atoms with E-state index in [1.54, 1.807) is 4.90 Å². The topological polar surface area (TPSA) is 45.7 Å². The zero-order chi connectivity index (χ0) is 18.1. The molecule has 1 spiro atoms. The van der Waals surface area contributed by atoms with Crippen molar-refractivity contribution < 1.29 is 9.53 Å². The monoisotopic (exact) mass is 357 g/mol. The number of ether oxygens (including phenoxy) is 1. The number of pyridine rings is 1. The predicted molar refractivity (Wildman–Crippen MR) is 103 cm³/mol. The third-order valence-corrected chi connectivity index (χ3v) is 6.45. The molecule has 1 aromatic rings. The molecule has 0 aromatic carbocycles. The summed E-state index contributed by atoms with van der Waals surface area (Å²) < 4.78 is 5.82. The number of hydrogen-bond donors (Lipinski definition) is 0. The molecule has 0 unspecified atom stereocenters. The molecule has 5 heteroatoms. The normalized spacial score (nSPS) is 24.4. The van der Waals surface area contributed by atoms with Crippen LogP contribution in [-0.4, -0.2) is 47.3 Å². The third-order valence-electron chi connectivity index (χ3n) is 6.45. The Labute approximate surface area is 156 Å². The number of nitrogens with zero attached hydrogens (tertiary/aromatic N) is 3. The van der Waals surface area contributed by atoms with Gasteiger partial charge in [-0.2, -0.15) is 0 Å². The third kappa shape index (κ3) is 3.46. The molecule has 3 heterocycles. The quantitative estimate of drug-likeness (QED) is 0.808. The molecule has 142 valence electrons. The van der Waals surface area contributed by atoms with Crippen molar-refractivity contribution in [1.82, 2.24) is 9.88 Å². The van der Waals surface area contributed by atoms with Gasteiger partial charge in [-0.3, -0.25) is 4.90 Å². The minimum absolute atomic E-state index is 0.217. The van der Waals surface area contributed by atoms with Crippen LogP contribution in [0.1, 0.15) is 70.4 Å². The van der Waals surface area contributed by atoms with Crippen molar-refractivity contribution >= 4 is 11.9 Å². The number of carbonyl (C=O) groups excluding carboxylic acids is 1. The van der Waals surface area contributed by atoms with E-state index < -0.39 is 0 Å². The first-order valence-corrected chi connectivity index (χ1v) is 10.3. The highest BCUT2D eigenvalue weighted by atomic mass is 16.6. The summed E-state index contributed by atoms with van der Waals surface area (Å²) in [4.78, 5) is 21.7. The number of aromatic nitrogens is 1. The number of amides is 1. The van der Waals surface area contributed by atoms with Gasteiger partial charge in [0.05, 0.1) is 6.54 Å². The van der Waals surface area contributed by atoms with Crippen LogP contribution in [0, 0.1) is 0 Å². The smallest absolute Gasteiger partial charge is 0.416 e. The molecular formula is C21H31N3O2. The fourth-order valence-corrected chi connectivity index (χ4v) is 4.79. The van der Waals surface area contributed by atoms with Crippen molar-refractivity contribution in [3.05, 3.63) is 23.9 Å². The van der Waals surface area contributed by atoms with Gasteiger partial charge in [0.25, 0.3) is 0 Å². The van der Waals surface area contributed by atoms with Gasteiger partial charge in [-0.15, -0.1) is 0 Å². The lowest BCUT2D eigenvalue weighted by Crippen LogP contribution is -2.38. The summed E-state index contributed by atoms with van der Waals surface area (Å²) in [7, 11) is 0. The van der Waals surface area contributed by atoms with E-state index >= 15 is 0 Å². The largest absolute Gasteiger partial charge is 0.441 e. The van der Waals surface area contributed by atoms with Crippen LogP contribution in [0.4, 0.5) is 10.6 Å². The lowest BCUT2D eigenvalue weighted by Gasteiger charge is -2.34. The fraction of sp³-hybridized carbons (Fsp3) is 0.714. The number of likely N-dealkylation sites (tertiary alicyclic amines) is 1. The Morgan fingerprint density at radius 3 is 2.58 bits per heavy atom. The SMILES string of the molecule is CC(C)N1CCC(c2cccc(N3CC4(CCCCC4)OC3=O)n2)CC1. The first-order valence-electron chi connectivity index (χ1n) is 10.3. The summed E-state index contributed by atoms with van der Waals surface area (Å²) in [6.07, 6.45) is 7.61. The zero-order valence-electron chi connectivity index (χ0n) is 16.1. The van der Waals surface area contributed by atoms with Gasteiger partial charge in [0.1, 0.15) is 11.4 Å². The Kier molecular flexibility index (Phi) is 4.91. The summed E-state index contributed by atoms with van der Waals surface area (Å²) >= 11 is 0. The van der Waals surface area contributed by atoms with E-state index in [9.17, 15) is 4.79 Å². The van der Waals surface area contributed by atoms with Gasteiger partial charge in [0, 0.05) is 17.7 Å².